The van der Waals surface area contributed by atoms with E-state index in [4.69, 9.17) is 10.9 Å². The van der Waals surface area contributed by atoms with E-state index in [1.54, 1.807) is 0 Å². The number of hydrogen-bond acceptors (Lipinski definition) is 7. The smallest absolute Gasteiger partial charge is 0.224 e. The van der Waals surface area contributed by atoms with Crippen LogP contribution in [0.2, 0.25) is 0 Å². The zero-order chi connectivity index (χ0) is 14.4. The van der Waals surface area contributed by atoms with Crippen molar-refractivity contribution in [2.75, 3.05) is 7.05 Å². The Kier molecular flexibility index (Phi) is 4.74. The molecule has 0 heterocycles. The Balaban J connectivity index is 2.90. The minimum atomic E-state index is -0.676. The maximum absolute atomic E-state index is 10.9. The van der Waals surface area contributed by atoms with Crippen molar-refractivity contribution >= 4 is 11.7 Å². The van der Waals surface area contributed by atoms with Gasteiger partial charge in [0, 0.05) is 31.0 Å². The van der Waals surface area contributed by atoms with Crippen molar-refractivity contribution in [1.29, 1.82) is 0 Å². The Labute approximate surface area is 108 Å². The fraction of sp³-hybridized carbons (Fsp3) is 0.111. The van der Waals surface area contributed by atoms with E-state index in [2.05, 4.69) is 15.8 Å². The molecule has 0 aliphatic heterocycles. The summed E-state index contributed by atoms with van der Waals surface area (Å²) in [5.41, 5.74) is 9.96. The van der Waals surface area contributed by atoms with E-state index in [0.29, 0.717) is 0 Å². The molecule has 0 aromatic rings. The van der Waals surface area contributed by atoms with Gasteiger partial charge in [-0.15, -0.1) is 0 Å². The Morgan fingerprint density at radius 2 is 2.21 bits per heavy atom. The summed E-state index contributed by atoms with van der Waals surface area (Å²) in [4.78, 5) is 2.93. The molecule has 10 nitrogen and oxygen atoms in total. The lowest BCUT2D eigenvalue weighted by Crippen LogP contribution is -2.39. The highest BCUT2D eigenvalue weighted by molar-refractivity contribution is 6.03. The van der Waals surface area contributed by atoms with Gasteiger partial charge in [-0.25, -0.2) is 0 Å². The van der Waals surface area contributed by atoms with Crippen LogP contribution in [-0.2, 0) is 0 Å². The quantitative estimate of drug-likeness (QED) is 0.219. The molecule has 0 saturated heterocycles. The lowest BCUT2D eigenvalue weighted by atomic mass is 10.1. The third-order valence-corrected chi connectivity index (χ3v) is 2.10. The minimum Gasteiger partial charge on any atom is -0.733 e. The van der Waals surface area contributed by atoms with Crippen molar-refractivity contribution in [3.05, 3.63) is 51.3 Å². The summed E-state index contributed by atoms with van der Waals surface area (Å²) in [5.74, 6) is 0.0997. The molecule has 0 aromatic heterocycles. The first-order valence-electron chi connectivity index (χ1n) is 4.97. The number of hydrazine groups is 1. The van der Waals surface area contributed by atoms with E-state index >= 15 is 0 Å². The average Bonchev–Trinajstić information content (AvgIpc) is 2.38. The molecule has 104 valence electrons. The Morgan fingerprint density at radius 3 is 2.74 bits per heavy atom. The topological polar surface area (TPSA) is 158 Å². The standard InChI is InChI=1S/C9H12N6O4/c1-11-9(10)13-12-5-6-2-3-7(14(16)17)4-8(6)15(18)19/h2-5,12,18H,1H3,(H3-,10,11,13,16,17)/q-2. The van der Waals surface area contributed by atoms with Crippen LogP contribution >= 0.6 is 0 Å². The van der Waals surface area contributed by atoms with Crippen LogP contribution < -0.4 is 16.6 Å². The van der Waals surface area contributed by atoms with Gasteiger partial charge < -0.3 is 32.0 Å². The number of hydroxylamine groups is 2. The summed E-state index contributed by atoms with van der Waals surface area (Å²) >= 11 is 0. The second-order valence-corrected chi connectivity index (χ2v) is 3.30. The molecule has 0 radical (unpaired) electrons. The van der Waals surface area contributed by atoms with Crippen molar-refractivity contribution in [2.24, 2.45) is 10.7 Å². The summed E-state index contributed by atoms with van der Waals surface area (Å²) < 4.78 is 0. The summed E-state index contributed by atoms with van der Waals surface area (Å²) in [6, 6.07) is 0. The normalized spacial score (nSPS) is 17.2. The van der Waals surface area contributed by atoms with Crippen molar-refractivity contribution < 1.29 is 10.1 Å². The molecule has 0 fully saturated rings. The van der Waals surface area contributed by atoms with Crippen molar-refractivity contribution in [1.82, 2.24) is 16.1 Å². The van der Waals surface area contributed by atoms with Gasteiger partial charge >= 0.3 is 0 Å². The number of allylic oxidation sites excluding steroid dienone is 3. The maximum atomic E-state index is 10.9. The molecule has 0 aromatic carbocycles. The van der Waals surface area contributed by atoms with Gasteiger partial charge in [0.1, 0.15) is 0 Å². The second kappa shape index (κ2) is 6.28. The number of nitrogens with one attached hydrogen (secondary N) is 2. The van der Waals surface area contributed by atoms with Crippen LogP contribution in [0.25, 0.3) is 0 Å². The van der Waals surface area contributed by atoms with E-state index in [1.807, 2.05) is 0 Å². The second-order valence-electron chi connectivity index (χ2n) is 3.30. The number of rotatable bonds is 3. The van der Waals surface area contributed by atoms with Crippen LogP contribution in [0.15, 0.2) is 40.7 Å². The number of guanidine groups is 1. The predicted octanol–water partition coefficient (Wildman–Crippen LogP) is -0.999. The molecule has 10 heteroatoms. The maximum Gasteiger partial charge on any atom is 0.224 e. The van der Waals surface area contributed by atoms with Crippen molar-refractivity contribution in [3.8, 4) is 0 Å². The zero-order valence-electron chi connectivity index (χ0n) is 9.90. The van der Waals surface area contributed by atoms with Gasteiger partial charge in [0.05, 0.1) is 5.70 Å². The lowest BCUT2D eigenvalue weighted by Gasteiger charge is -2.27. The van der Waals surface area contributed by atoms with E-state index in [-0.39, 0.29) is 22.9 Å². The van der Waals surface area contributed by atoms with Gasteiger partial charge in [0.2, 0.25) is 11.7 Å². The van der Waals surface area contributed by atoms with E-state index in [9.17, 15) is 15.6 Å². The molecular weight excluding hydrogens is 256 g/mol. The third-order valence-electron chi connectivity index (χ3n) is 2.10. The fourth-order valence-electron chi connectivity index (χ4n) is 1.18. The molecular formula is C9H12N6O4-2. The van der Waals surface area contributed by atoms with E-state index < -0.39 is 10.1 Å². The highest BCUT2D eigenvalue weighted by atomic mass is 16.8. The zero-order valence-corrected chi connectivity index (χ0v) is 9.90. The molecule has 5 N–H and O–H groups in total. The predicted molar refractivity (Wildman–Crippen MR) is 68.1 cm³/mol. The number of aliphatic imine (C=N–C) groups is 1. The van der Waals surface area contributed by atoms with E-state index in [0.717, 1.165) is 6.08 Å². The molecule has 0 saturated carbocycles. The van der Waals surface area contributed by atoms with Gasteiger partial charge in [-0.2, -0.15) is 4.90 Å². The van der Waals surface area contributed by atoms with Crippen LogP contribution in [0.4, 0.5) is 0 Å². The van der Waals surface area contributed by atoms with E-state index in [1.165, 1.54) is 25.4 Å². The number of nitrogens with two attached hydrogens (primary N) is 1. The summed E-state index contributed by atoms with van der Waals surface area (Å²) in [6.07, 6.45) is 4.72. The third kappa shape index (κ3) is 3.90. The first kappa shape index (κ1) is 14.3. The van der Waals surface area contributed by atoms with Crippen molar-refractivity contribution in [2.45, 2.75) is 0 Å². The molecule has 19 heavy (non-hydrogen) atoms. The highest BCUT2D eigenvalue weighted by Crippen LogP contribution is 2.18. The minimum absolute atomic E-state index is 0.0997. The van der Waals surface area contributed by atoms with Gasteiger partial charge in [0.25, 0.3) is 0 Å². The molecule has 1 aliphatic rings. The van der Waals surface area contributed by atoms with Gasteiger partial charge in [-0.05, 0) is 6.08 Å². The van der Waals surface area contributed by atoms with Crippen LogP contribution in [0, 0.1) is 15.6 Å². The highest BCUT2D eigenvalue weighted by Gasteiger charge is 2.13. The molecule has 0 unspecified atom stereocenters. The lowest BCUT2D eigenvalue weighted by molar-refractivity contribution is -0.377. The first-order chi connectivity index (χ1) is 8.95. The largest absolute Gasteiger partial charge is 0.733 e. The summed E-state index contributed by atoms with van der Waals surface area (Å²) in [7, 11) is 1.47. The van der Waals surface area contributed by atoms with Crippen LogP contribution in [0.5, 0.6) is 0 Å². The molecule has 0 bridgehead atoms. The SMILES string of the molecule is CN=C(N)NNC=C1C=CC(=[N+]([O-])[O-])C=C1N([O-])O. The molecule has 1 aliphatic carbocycles. The Hall–Kier alpha value is -2.72. The Morgan fingerprint density at radius 1 is 1.53 bits per heavy atom. The average molecular weight is 268 g/mol. The van der Waals surface area contributed by atoms with Gasteiger partial charge in [-0.3, -0.25) is 15.6 Å². The molecule has 1 rings (SSSR count). The van der Waals surface area contributed by atoms with Crippen LogP contribution in [0.3, 0.4) is 0 Å². The first-order valence-corrected chi connectivity index (χ1v) is 4.97. The Bertz CT molecular complexity index is 487. The monoisotopic (exact) mass is 268 g/mol. The van der Waals surface area contributed by atoms with Crippen LogP contribution in [0.1, 0.15) is 0 Å². The molecule has 0 atom stereocenters. The van der Waals surface area contributed by atoms with Gasteiger partial charge in [0.15, 0.2) is 0 Å². The summed E-state index contributed by atoms with van der Waals surface area (Å²) in [5, 5.41) is 40.5. The summed E-state index contributed by atoms with van der Waals surface area (Å²) in [6.45, 7) is 0. The number of nitrogens with zero attached hydrogens (tertiary/aromatic N) is 3. The molecule has 0 spiro atoms. The number of hydrogen-bond donors (Lipinski definition) is 4. The van der Waals surface area contributed by atoms with Gasteiger partial charge in [-0.1, -0.05) is 0 Å². The molecule has 0 amide bonds. The van der Waals surface area contributed by atoms with Crippen molar-refractivity contribution in [3.63, 3.8) is 0 Å². The van der Waals surface area contributed by atoms with Crippen LogP contribution in [-0.4, -0.2) is 34.1 Å². The fourth-order valence-corrected chi connectivity index (χ4v) is 1.18.